The van der Waals surface area contributed by atoms with E-state index in [-0.39, 0.29) is 5.91 Å². The van der Waals surface area contributed by atoms with Crippen molar-refractivity contribution in [3.63, 3.8) is 0 Å². The molecule has 1 aromatic carbocycles. The first-order chi connectivity index (χ1) is 13.3. The number of carbonyl (C=O) groups excluding carboxylic acids is 1. The number of nitrogens with zero attached hydrogens (tertiary/aromatic N) is 4. The quantitative estimate of drug-likeness (QED) is 0.771. The molecule has 1 saturated heterocycles. The lowest BCUT2D eigenvalue weighted by molar-refractivity contribution is 0.0743. The van der Waals surface area contributed by atoms with E-state index < -0.39 is 0 Å². The van der Waals surface area contributed by atoms with E-state index in [1.54, 1.807) is 25.6 Å². The van der Waals surface area contributed by atoms with Crippen LogP contribution in [-0.4, -0.2) is 59.3 Å². The second kappa shape index (κ2) is 7.49. The molecule has 0 spiro atoms. The van der Waals surface area contributed by atoms with E-state index in [0.29, 0.717) is 24.4 Å². The monoisotopic (exact) mass is 363 g/mol. The molecule has 0 saturated carbocycles. The maximum Gasteiger partial charge on any atom is 0.257 e. The van der Waals surface area contributed by atoms with E-state index in [9.17, 15) is 4.79 Å². The van der Waals surface area contributed by atoms with Crippen LogP contribution in [0.15, 0.2) is 54.9 Å². The van der Waals surface area contributed by atoms with Crippen molar-refractivity contribution in [3.8, 4) is 17.0 Å². The molecule has 2 aromatic heterocycles. The van der Waals surface area contributed by atoms with Gasteiger partial charge in [0.25, 0.3) is 5.91 Å². The maximum atomic E-state index is 12.8. The number of methoxy groups -OCH3 is 1. The highest BCUT2D eigenvalue weighted by molar-refractivity contribution is 5.97. The van der Waals surface area contributed by atoms with E-state index in [4.69, 9.17) is 4.74 Å². The molecule has 1 N–H and O–H groups in total. The number of rotatable bonds is 4. The predicted octanol–water partition coefficient (Wildman–Crippen LogP) is 2.44. The first-order valence-corrected chi connectivity index (χ1v) is 8.89. The smallest absolute Gasteiger partial charge is 0.257 e. The molecule has 0 aliphatic carbocycles. The minimum atomic E-state index is 0.00479. The Kier molecular flexibility index (Phi) is 4.74. The van der Waals surface area contributed by atoms with Crippen LogP contribution >= 0.6 is 0 Å². The number of hydrogen-bond donors (Lipinski definition) is 1. The van der Waals surface area contributed by atoms with Crippen molar-refractivity contribution in [2.75, 3.05) is 38.2 Å². The molecular formula is C20H21N5O2. The van der Waals surface area contributed by atoms with Gasteiger partial charge in [-0.1, -0.05) is 12.1 Å². The van der Waals surface area contributed by atoms with Crippen LogP contribution in [0.5, 0.6) is 5.75 Å². The highest BCUT2D eigenvalue weighted by Crippen LogP contribution is 2.23. The van der Waals surface area contributed by atoms with Gasteiger partial charge in [0.1, 0.15) is 5.75 Å². The van der Waals surface area contributed by atoms with Crippen molar-refractivity contribution in [1.29, 1.82) is 0 Å². The molecule has 1 amide bonds. The summed E-state index contributed by atoms with van der Waals surface area (Å²) >= 11 is 0. The molecule has 1 fully saturated rings. The fourth-order valence-corrected chi connectivity index (χ4v) is 3.27. The van der Waals surface area contributed by atoms with Gasteiger partial charge in [0.05, 0.1) is 18.4 Å². The van der Waals surface area contributed by atoms with E-state index >= 15 is 0 Å². The van der Waals surface area contributed by atoms with Gasteiger partial charge in [-0.15, -0.1) is 0 Å². The normalized spacial score (nSPS) is 14.3. The Balaban J connectivity index is 1.42. The largest absolute Gasteiger partial charge is 0.496 e. The third-order valence-electron chi connectivity index (χ3n) is 4.77. The van der Waals surface area contributed by atoms with Gasteiger partial charge in [0, 0.05) is 50.2 Å². The van der Waals surface area contributed by atoms with Crippen LogP contribution in [0.2, 0.25) is 0 Å². The number of hydrogen-bond acceptors (Lipinski definition) is 5. The number of aromatic nitrogens is 3. The molecule has 138 valence electrons. The van der Waals surface area contributed by atoms with Crippen molar-refractivity contribution in [3.05, 3.63) is 60.4 Å². The fourth-order valence-electron chi connectivity index (χ4n) is 3.27. The summed E-state index contributed by atoms with van der Waals surface area (Å²) in [4.78, 5) is 21.0. The molecular weight excluding hydrogens is 342 g/mol. The standard InChI is InChI=1S/C20H21N5O2/c1-27-18-7-3-2-6-16(18)20(26)25-11-9-24(10-12-25)19-13-17(22-23-19)15-5-4-8-21-14-15/h2-8,13-14H,9-12H2,1H3,(H,22,23). The molecule has 1 aliphatic rings. The van der Waals surface area contributed by atoms with Gasteiger partial charge in [-0.2, -0.15) is 5.10 Å². The number of benzene rings is 1. The lowest BCUT2D eigenvalue weighted by Gasteiger charge is -2.35. The van der Waals surface area contributed by atoms with Crippen molar-refractivity contribution in [2.45, 2.75) is 0 Å². The summed E-state index contributed by atoms with van der Waals surface area (Å²) in [6, 6.07) is 13.3. The maximum absolute atomic E-state index is 12.8. The van der Waals surface area contributed by atoms with Crippen LogP contribution in [0.3, 0.4) is 0 Å². The number of H-pyrrole nitrogens is 1. The fraction of sp³-hybridized carbons (Fsp3) is 0.250. The van der Waals surface area contributed by atoms with Crippen LogP contribution in [0, 0.1) is 0 Å². The number of carbonyl (C=O) groups is 1. The topological polar surface area (TPSA) is 74.3 Å². The first kappa shape index (κ1) is 17.1. The molecule has 3 aromatic rings. The van der Waals surface area contributed by atoms with Crippen molar-refractivity contribution >= 4 is 11.7 Å². The van der Waals surface area contributed by atoms with Gasteiger partial charge < -0.3 is 14.5 Å². The number of nitrogens with one attached hydrogen (secondary N) is 1. The Labute approximate surface area is 157 Å². The molecule has 7 heteroatoms. The van der Waals surface area contributed by atoms with Crippen LogP contribution in [0.1, 0.15) is 10.4 Å². The zero-order valence-electron chi connectivity index (χ0n) is 15.1. The molecule has 0 bridgehead atoms. The molecule has 27 heavy (non-hydrogen) atoms. The number of aromatic amines is 1. The van der Waals surface area contributed by atoms with Gasteiger partial charge >= 0.3 is 0 Å². The highest BCUT2D eigenvalue weighted by Gasteiger charge is 2.25. The number of amides is 1. The summed E-state index contributed by atoms with van der Waals surface area (Å²) < 4.78 is 5.32. The van der Waals surface area contributed by atoms with Crippen molar-refractivity contribution in [1.82, 2.24) is 20.1 Å². The van der Waals surface area contributed by atoms with E-state index in [1.165, 1.54) is 0 Å². The van der Waals surface area contributed by atoms with Gasteiger partial charge in [-0.3, -0.25) is 14.9 Å². The number of ether oxygens (including phenoxy) is 1. The average molecular weight is 363 g/mol. The Hall–Kier alpha value is -3.35. The lowest BCUT2D eigenvalue weighted by Crippen LogP contribution is -2.49. The second-order valence-corrected chi connectivity index (χ2v) is 6.36. The number of anilines is 1. The minimum Gasteiger partial charge on any atom is -0.496 e. The van der Waals surface area contributed by atoms with Gasteiger partial charge in [0.15, 0.2) is 5.82 Å². The van der Waals surface area contributed by atoms with E-state index in [2.05, 4.69) is 20.1 Å². The molecule has 4 rings (SSSR count). The summed E-state index contributed by atoms with van der Waals surface area (Å²) in [6.45, 7) is 2.76. The van der Waals surface area contributed by atoms with Gasteiger partial charge in [0.2, 0.25) is 0 Å². The van der Waals surface area contributed by atoms with Crippen molar-refractivity contribution < 1.29 is 9.53 Å². The third-order valence-corrected chi connectivity index (χ3v) is 4.77. The molecule has 7 nitrogen and oxygen atoms in total. The molecule has 0 unspecified atom stereocenters. The van der Waals surface area contributed by atoms with Crippen molar-refractivity contribution in [2.24, 2.45) is 0 Å². The number of piperazine rings is 1. The Bertz CT molecular complexity index is 917. The zero-order chi connectivity index (χ0) is 18.6. The van der Waals surface area contributed by atoms with Crippen LogP contribution in [-0.2, 0) is 0 Å². The van der Waals surface area contributed by atoms with E-state index in [0.717, 1.165) is 30.2 Å². The Morgan fingerprint density at radius 2 is 1.93 bits per heavy atom. The molecule has 3 heterocycles. The summed E-state index contributed by atoms with van der Waals surface area (Å²) in [5.41, 5.74) is 2.54. The van der Waals surface area contributed by atoms with Crippen LogP contribution in [0.4, 0.5) is 5.82 Å². The number of pyridine rings is 1. The zero-order valence-corrected chi connectivity index (χ0v) is 15.1. The lowest BCUT2D eigenvalue weighted by atomic mass is 10.1. The van der Waals surface area contributed by atoms with Crippen LogP contribution in [0.25, 0.3) is 11.3 Å². The molecule has 1 aliphatic heterocycles. The number of para-hydroxylation sites is 1. The minimum absolute atomic E-state index is 0.00479. The Morgan fingerprint density at radius 3 is 2.67 bits per heavy atom. The first-order valence-electron chi connectivity index (χ1n) is 8.89. The average Bonchev–Trinajstić information content (AvgIpc) is 3.24. The molecule has 0 radical (unpaired) electrons. The third kappa shape index (κ3) is 3.48. The molecule has 0 atom stereocenters. The Morgan fingerprint density at radius 1 is 1.11 bits per heavy atom. The van der Waals surface area contributed by atoms with E-state index in [1.807, 2.05) is 41.3 Å². The van der Waals surface area contributed by atoms with Gasteiger partial charge in [-0.25, -0.2) is 0 Å². The van der Waals surface area contributed by atoms with Crippen LogP contribution < -0.4 is 9.64 Å². The predicted molar refractivity (Wildman–Crippen MR) is 103 cm³/mol. The van der Waals surface area contributed by atoms with Gasteiger partial charge in [-0.05, 0) is 24.3 Å². The SMILES string of the molecule is COc1ccccc1C(=O)N1CCN(c2cc(-c3cccnc3)[nH]n2)CC1. The summed E-state index contributed by atoms with van der Waals surface area (Å²) in [5.74, 6) is 1.50. The summed E-state index contributed by atoms with van der Waals surface area (Å²) in [5, 5.41) is 7.49. The highest BCUT2D eigenvalue weighted by atomic mass is 16.5. The second-order valence-electron chi connectivity index (χ2n) is 6.36. The summed E-state index contributed by atoms with van der Waals surface area (Å²) in [7, 11) is 1.58. The summed E-state index contributed by atoms with van der Waals surface area (Å²) in [6.07, 6.45) is 3.56.